The number of nitriles is 1. The van der Waals surface area contributed by atoms with E-state index in [1.165, 1.54) is 51.4 Å². The van der Waals surface area contributed by atoms with Crippen molar-refractivity contribution in [2.24, 2.45) is 5.92 Å². The molecule has 2 aliphatic rings. The molecule has 0 bridgehead atoms. The van der Waals surface area contributed by atoms with Crippen LogP contribution in [-0.2, 0) is 4.79 Å². The summed E-state index contributed by atoms with van der Waals surface area (Å²) >= 11 is 0. The fourth-order valence-electron chi connectivity index (χ4n) is 3.91. The first-order valence-electron chi connectivity index (χ1n) is 8.96. The summed E-state index contributed by atoms with van der Waals surface area (Å²) in [6.07, 6.45) is 15.7. The van der Waals surface area contributed by atoms with Gasteiger partial charge in [0.1, 0.15) is 5.54 Å². The molecule has 3 nitrogen and oxygen atoms in total. The second-order valence-electron chi connectivity index (χ2n) is 7.05. The van der Waals surface area contributed by atoms with Crippen LogP contribution >= 0.6 is 0 Å². The minimum atomic E-state index is -0.579. The topological polar surface area (TPSA) is 52.9 Å². The van der Waals surface area contributed by atoms with Gasteiger partial charge in [0, 0.05) is 6.42 Å². The maximum atomic E-state index is 12.3. The number of carbonyl (C=O) groups is 1. The highest BCUT2D eigenvalue weighted by molar-refractivity contribution is 5.77. The Morgan fingerprint density at radius 3 is 2.19 bits per heavy atom. The molecular weight excluding hydrogens is 260 g/mol. The third kappa shape index (κ3) is 5.34. The van der Waals surface area contributed by atoms with E-state index in [9.17, 15) is 10.1 Å². The van der Waals surface area contributed by atoms with Gasteiger partial charge in [0.05, 0.1) is 6.07 Å². The Labute approximate surface area is 129 Å². The number of rotatable bonds is 4. The number of nitrogens with one attached hydrogen (secondary N) is 1. The van der Waals surface area contributed by atoms with Gasteiger partial charge in [-0.1, -0.05) is 64.2 Å². The molecule has 0 aromatic carbocycles. The zero-order valence-electron chi connectivity index (χ0n) is 13.3. The SMILES string of the molecule is N#CC1(NC(=O)CCC2CCCCC2)CCCCCCC1. The average Bonchev–Trinajstić information content (AvgIpc) is 2.49. The first kappa shape index (κ1) is 16.3. The normalized spacial score (nSPS) is 23.6. The Morgan fingerprint density at radius 1 is 1.00 bits per heavy atom. The predicted octanol–water partition coefficient (Wildman–Crippen LogP) is 4.47. The van der Waals surface area contributed by atoms with Crippen LogP contribution in [0.2, 0.25) is 0 Å². The van der Waals surface area contributed by atoms with Crippen molar-refractivity contribution in [1.82, 2.24) is 5.32 Å². The summed E-state index contributed by atoms with van der Waals surface area (Å²) in [4.78, 5) is 12.3. The van der Waals surface area contributed by atoms with Crippen LogP contribution in [0.15, 0.2) is 0 Å². The largest absolute Gasteiger partial charge is 0.338 e. The number of nitrogens with zero attached hydrogens (tertiary/aromatic N) is 1. The molecule has 0 unspecified atom stereocenters. The van der Waals surface area contributed by atoms with Crippen LogP contribution in [0.3, 0.4) is 0 Å². The highest BCUT2D eigenvalue weighted by atomic mass is 16.1. The Bertz CT molecular complexity index is 358. The number of amides is 1. The van der Waals surface area contributed by atoms with Crippen LogP contribution < -0.4 is 5.32 Å². The molecule has 2 saturated carbocycles. The summed E-state index contributed by atoms with van der Waals surface area (Å²) in [6, 6.07) is 2.42. The highest BCUT2D eigenvalue weighted by Gasteiger charge is 2.31. The monoisotopic (exact) mass is 290 g/mol. The molecule has 1 amide bonds. The van der Waals surface area contributed by atoms with Gasteiger partial charge in [-0.3, -0.25) is 4.79 Å². The van der Waals surface area contributed by atoms with Crippen molar-refractivity contribution in [3.63, 3.8) is 0 Å². The van der Waals surface area contributed by atoms with E-state index in [0.717, 1.165) is 38.0 Å². The smallest absolute Gasteiger partial charge is 0.221 e. The van der Waals surface area contributed by atoms with Gasteiger partial charge in [-0.2, -0.15) is 5.26 Å². The van der Waals surface area contributed by atoms with E-state index >= 15 is 0 Å². The van der Waals surface area contributed by atoms with E-state index in [0.29, 0.717) is 6.42 Å². The summed E-state index contributed by atoms with van der Waals surface area (Å²) in [6.45, 7) is 0. The predicted molar refractivity (Wildman–Crippen MR) is 84.6 cm³/mol. The van der Waals surface area contributed by atoms with Gasteiger partial charge >= 0.3 is 0 Å². The van der Waals surface area contributed by atoms with E-state index < -0.39 is 5.54 Å². The van der Waals surface area contributed by atoms with Crippen molar-refractivity contribution in [3.8, 4) is 6.07 Å². The molecule has 21 heavy (non-hydrogen) atoms. The van der Waals surface area contributed by atoms with E-state index in [-0.39, 0.29) is 5.91 Å². The lowest BCUT2D eigenvalue weighted by molar-refractivity contribution is -0.123. The van der Waals surface area contributed by atoms with Gasteiger partial charge in [0.15, 0.2) is 0 Å². The van der Waals surface area contributed by atoms with Crippen LogP contribution in [0.25, 0.3) is 0 Å². The van der Waals surface area contributed by atoms with Crippen molar-refractivity contribution >= 4 is 5.91 Å². The van der Waals surface area contributed by atoms with Crippen molar-refractivity contribution in [2.75, 3.05) is 0 Å². The van der Waals surface area contributed by atoms with Crippen molar-refractivity contribution in [2.45, 2.75) is 95.4 Å². The van der Waals surface area contributed by atoms with Crippen molar-refractivity contribution in [1.29, 1.82) is 5.26 Å². The van der Waals surface area contributed by atoms with E-state index in [2.05, 4.69) is 11.4 Å². The summed E-state index contributed by atoms with van der Waals surface area (Å²) in [5, 5.41) is 12.6. The van der Waals surface area contributed by atoms with Gasteiger partial charge < -0.3 is 5.32 Å². The second kappa shape index (κ2) is 8.41. The molecule has 0 aromatic rings. The van der Waals surface area contributed by atoms with E-state index in [1.807, 2.05) is 0 Å². The molecule has 0 heterocycles. The molecule has 2 fully saturated rings. The van der Waals surface area contributed by atoms with Crippen molar-refractivity contribution < 1.29 is 4.79 Å². The molecule has 3 heteroatoms. The lowest BCUT2D eigenvalue weighted by atomic mass is 9.84. The molecular formula is C18H30N2O. The Morgan fingerprint density at radius 2 is 1.57 bits per heavy atom. The summed E-state index contributed by atoms with van der Waals surface area (Å²) in [5.41, 5.74) is -0.579. The first-order chi connectivity index (χ1) is 10.2. The minimum absolute atomic E-state index is 0.0997. The van der Waals surface area contributed by atoms with Gasteiger partial charge in [0.2, 0.25) is 5.91 Å². The molecule has 0 atom stereocenters. The molecule has 2 rings (SSSR count). The highest BCUT2D eigenvalue weighted by Crippen LogP contribution is 2.28. The molecule has 2 aliphatic carbocycles. The van der Waals surface area contributed by atoms with Gasteiger partial charge in [-0.15, -0.1) is 0 Å². The zero-order chi connectivity index (χ0) is 15.0. The number of hydrogen-bond acceptors (Lipinski definition) is 2. The second-order valence-corrected chi connectivity index (χ2v) is 7.05. The van der Waals surface area contributed by atoms with Gasteiger partial charge in [-0.05, 0) is 25.2 Å². The first-order valence-corrected chi connectivity index (χ1v) is 8.96. The van der Waals surface area contributed by atoms with Crippen LogP contribution in [-0.4, -0.2) is 11.4 Å². The minimum Gasteiger partial charge on any atom is -0.338 e. The quantitative estimate of drug-likeness (QED) is 0.830. The maximum absolute atomic E-state index is 12.3. The zero-order valence-corrected chi connectivity index (χ0v) is 13.3. The summed E-state index contributed by atoms with van der Waals surface area (Å²) in [5.74, 6) is 0.836. The fourth-order valence-corrected chi connectivity index (χ4v) is 3.91. The maximum Gasteiger partial charge on any atom is 0.221 e. The molecule has 0 radical (unpaired) electrons. The van der Waals surface area contributed by atoms with Gasteiger partial charge in [-0.25, -0.2) is 0 Å². The number of hydrogen-bond donors (Lipinski definition) is 1. The van der Waals surface area contributed by atoms with Crippen LogP contribution in [0.4, 0.5) is 0 Å². The summed E-state index contributed by atoms with van der Waals surface area (Å²) in [7, 11) is 0. The molecule has 118 valence electrons. The molecule has 0 aliphatic heterocycles. The van der Waals surface area contributed by atoms with Crippen LogP contribution in [0.5, 0.6) is 0 Å². The third-order valence-electron chi connectivity index (χ3n) is 5.30. The van der Waals surface area contributed by atoms with E-state index in [1.54, 1.807) is 0 Å². The van der Waals surface area contributed by atoms with E-state index in [4.69, 9.17) is 0 Å². The molecule has 0 spiro atoms. The van der Waals surface area contributed by atoms with Crippen molar-refractivity contribution in [3.05, 3.63) is 0 Å². The molecule has 1 N–H and O–H groups in total. The molecule has 0 aromatic heterocycles. The Balaban J connectivity index is 1.79. The number of carbonyl (C=O) groups excluding carboxylic acids is 1. The third-order valence-corrected chi connectivity index (χ3v) is 5.30. The summed E-state index contributed by atoms with van der Waals surface area (Å²) < 4.78 is 0. The Hall–Kier alpha value is -1.04. The lowest BCUT2D eigenvalue weighted by Gasteiger charge is -2.30. The van der Waals surface area contributed by atoms with Crippen LogP contribution in [0.1, 0.15) is 89.9 Å². The fraction of sp³-hybridized carbons (Fsp3) is 0.889. The van der Waals surface area contributed by atoms with Gasteiger partial charge in [0.25, 0.3) is 0 Å². The lowest BCUT2D eigenvalue weighted by Crippen LogP contribution is -2.47. The van der Waals surface area contributed by atoms with Crippen LogP contribution in [0, 0.1) is 17.2 Å². The standard InChI is InChI=1S/C18H30N2O/c19-15-18(13-7-2-1-3-8-14-18)20-17(21)12-11-16-9-5-4-6-10-16/h16H,1-14H2,(H,20,21). The Kier molecular flexibility index (Phi) is 6.54. The average molecular weight is 290 g/mol. The molecule has 0 saturated heterocycles.